The zero-order valence-electron chi connectivity index (χ0n) is 11.9. The Morgan fingerprint density at radius 2 is 2.14 bits per heavy atom. The maximum Gasteiger partial charge on any atom is 0.311 e. The lowest BCUT2D eigenvalue weighted by Gasteiger charge is -2.07. The molecule has 0 aliphatic rings. The molecule has 21 heavy (non-hydrogen) atoms. The lowest BCUT2D eigenvalue weighted by molar-refractivity contribution is -0.386. The number of nitrogens with zero attached hydrogens (tertiary/aromatic N) is 3. The van der Waals surface area contributed by atoms with Gasteiger partial charge in [-0.3, -0.25) is 15.1 Å². The molecule has 0 aliphatic carbocycles. The summed E-state index contributed by atoms with van der Waals surface area (Å²) in [4.78, 5) is 18.9. The third-order valence-electron chi connectivity index (χ3n) is 2.97. The molecule has 110 valence electrons. The number of hydrogen-bond donors (Lipinski definition) is 1. The molecule has 0 saturated carbocycles. The monoisotopic (exact) mass is 288 g/mol. The summed E-state index contributed by atoms with van der Waals surface area (Å²) in [5, 5.41) is 13.9. The van der Waals surface area contributed by atoms with Gasteiger partial charge >= 0.3 is 5.69 Å². The fourth-order valence-electron chi connectivity index (χ4n) is 1.76. The molecular formula is C14H16N4O3. The van der Waals surface area contributed by atoms with Crippen molar-refractivity contribution in [3.8, 4) is 5.75 Å². The van der Waals surface area contributed by atoms with Crippen molar-refractivity contribution >= 4 is 11.5 Å². The average molecular weight is 288 g/mol. The predicted molar refractivity (Wildman–Crippen MR) is 78.4 cm³/mol. The average Bonchev–Trinajstić information content (AvgIpc) is 2.53. The molecule has 2 rings (SSSR count). The third kappa shape index (κ3) is 3.65. The van der Waals surface area contributed by atoms with Crippen molar-refractivity contribution in [2.45, 2.75) is 20.0 Å². The largest absolute Gasteiger partial charge is 0.480 e. The van der Waals surface area contributed by atoms with Gasteiger partial charge in [0.15, 0.2) is 5.75 Å². The van der Waals surface area contributed by atoms with Crippen LogP contribution in [-0.4, -0.2) is 21.9 Å². The predicted octanol–water partition coefficient (Wildman–Crippen LogP) is 2.57. The van der Waals surface area contributed by atoms with Crippen molar-refractivity contribution in [3.63, 3.8) is 0 Å². The maximum atomic E-state index is 11.1. The summed E-state index contributed by atoms with van der Waals surface area (Å²) in [6, 6.07) is 4.97. The number of nitro groups is 1. The van der Waals surface area contributed by atoms with Gasteiger partial charge in [-0.15, -0.1) is 0 Å². The Morgan fingerprint density at radius 1 is 1.33 bits per heavy atom. The lowest BCUT2D eigenvalue weighted by atomic mass is 10.1. The summed E-state index contributed by atoms with van der Waals surface area (Å²) in [5.74, 6) is 0.883. The molecule has 0 aliphatic heterocycles. The number of rotatable bonds is 6. The molecule has 1 N–H and O–H groups in total. The molecule has 1 heterocycles. The van der Waals surface area contributed by atoms with Crippen molar-refractivity contribution < 1.29 is 9.66 Å². The smallest absolute Gasteiger partial charge is 0.311 e. The highest BCUT2D eigenvalue weighted by Crippen LogP contribution is 2.28. The molecule has 0 fully saturated rings. The van der Waals surface area contributed by atoms with Gasteiger partial charge in [-0.05, 0) is 18.1 Å². The van der Waals surface area contributed by atoms with E-state index in [9.17, 15) is 10.1 Å². The van der Waals surface area contributed by atoms with Gasteiger partial charge < -0.3 is 10.1 Å². The highest BCUT2D eigenvalue weighted by molar-refractivity contribution is 5.48. The highest BCUT2D eigenvalue weighted by atomic mass is 16.6. The minimum absolute atomic E-state index is 0.0332. The van der Waals surface area contributed by atoms with E-state index >= 15 is 0 Å². The van der Waals surface area contributed by atoms with Crippen LogP contribution in [0.5, 0.6) is 5.75 Å². The fraction of sp³-hybridized carbons (Fsp3) is 0.286. The number of nitrogens with one attached hydrogen (secondary N) is 1. The van der Waals surface area contributed by atoms with E-state index in [4.69, 9.17) is 4.74 Å². The Balaban J connectivity index is 2.13. The Labute approximate surface area is 122 Å². The summed E-state index contributed by atoms with van der Waals surface area (Å²) in [5.41, 5.74) is 1.46. The van der Waals surface area contributed by atoms with Crippen LogP contribution in [0.4, 0.5) is 11.5 Å². The number of hydrogen-bond acceptors (Lipinski definition) is 6. The van der Waals surface area contributed by atoms with E-state index in [1.54, 1.807) is 25.5 Å². The number of aryl methyl sites for hydroxylation is 1. The zero-order valence-corrected chi connectivity index (χ0v) is 11.9. The van der Waals surface area contributed by atoms with E-state index in [2.05, 4.69) is 15.3 Å². The summed E-state index contributed by atoms with van der Waals surface area (Å²) in [6.45, 7) is 2.07. The summed E-state index contributed by atoms with van der Waals surface area (Å²) < 4.78 is 5.49. The Hall–Kier alpha value is -2.70. The molecule has 0 spiro atoms. The normalized spacial score (nSPS) is 10.2. The van der Waals surface area contributed by atoms with E-state index in [0.717, 1.165) is 12.0 Å². The molecule has 0 unspecified atom stereocenters. The first-order valence-electron chi connectivity index (χ1n) is 6.52. The molecule has 0 saturated heterocycles. The van der Waals surface area contributed by atoms with E-state index in [1.165, 1.54) is 6.07 Å². The number of anilines is 1. The van der Waals surface area contributed by atoms with Crippen LogP contribution >= 0.6 is 0 Å². The molecule has 2 aromatic rings. The van der Waals surface area contributed by atoms with Gasteiger partial charge in [0.1, 0.15) is 12.4 Å². The highest BCUT2D eigenvalue weighted by Gasteiger charge is 2.16. The zero-order chi connectivity index (χ0) is 15.2. The molecule has 0 bridgehead atoms. The molecule has 1 aromatic carbocycles. The van der Waals surface area contributed by atoms with Gasteiger partial charge in [-0.25, -0.2) is 4.98 Å². The summed E-state index contributed by atoms with van der Waals surface area (Å²) >= 11 is 0. The lowest BCUT2D eigenvalue weighted by Crippen LogP contribution is -2.03. The van der Waals surface area contributed by atoms with Crippen LogP contribution in [0.1, 0.15) is 18.2 Å². The third-order valence-corrected chi connectivity index (χ3v) is 2.97. The second-order valence-corrected chi connectivity index (χ2v) is 4.34. The van der Waals surface area contributed by atoms with Crippen LogP contribution in [0.3, 0.4) is 0 Å². The van der Waals surface area contributed by atoms with Crippen LogP contribution < -0.4 is 10.1 Å². The molecular weight excluding hydrogens is 272 g/mol. The molecule has 0 amide bonds. The minimum Gasteiger partial charge on any atom is -0.480 e. The summed E-state index contributed by atoms with van der Waals surface area (Å²) in [6.07, 6.45) is 3.88. The van der Waals surface area contributed by atoms with Crippen LogP contribution in [0.2, 0.25) is 0 Å². The minimum atomic E-state index is -0.440. The SMILES string of the molecule is CCc1ccc(OCc2cnc(NC)cn2)c([N+](=O)[O-])c1. The maximum absolute atomic E-state index is 11.1. The number of aromatic nitrogens is 2. The van der Waals surface area contributed by atoms with Gasteiger partial charge in [0.05, 0.1) is 23.0 Å². The number of nitro benzene ring substituents is 1. The first-order chi connectivity index (χ1) is 10.1. The number of benzene rings is 1. The van der Waals surface area contributed by atoms with Crippen molar-refractivity contribution in [1.29, 1.82) is 0 Å². The molecule has 0 atom stereocenters. The van der Waals surface area contributed by atoms with Gasteiger partial charge in [-0.2, -0.15) is 0 Å². The van der Waals surface area contributed by atoms with E-state index in [-0.39, 0.29) is 18.0 Å². The van der Waals surface area contributed by atoms with Gasteiger partial charge in [0, 0.05) is 13.1 Å². The molecule has 7 nitrogen and oxygen atoms in total. The van der Waals surface area contributed by atoms with Crippen molar-refractivity contribution in [3.05, 3.63) is 52.0 Å². The van der Waals surface area contributed by atoms with Crippen LogP contribution in [-0.2, 0) is 13.0 Å². The van der Waals surface area contributed by atoms with Crippen molar-refractivity contribution in [1.82, 2.24) is 9.97 Å². The van der Waals surface area contributed by atoms with E-state index in [0.29, 0.717) is 11.5 Å². The molecule has 7 heteroatoms. The van der Waals surface area contributed by atoms with Gasteiger partial charge in [0.25, 0.3) is 0 Å². The molecule has 1 aromatic heterocycles. The van der Waals surface area contributed by atoms with E-state index in [1.807, 2.05) is 13.0 Å². The van der Waals surface area contributed by atoms with Gasteiger partial charge in [-0.1, -0.05) is 13.0 Å². The Kier molecular flexibility index (Phi) is 4.65. The second-order valence-electron chi connectivity index (χ2n) is 4.34. The topological polar surface area (TPSA) is 90.2 Å². The second kappa shape index (κ2) is 6.65. The van der Waals surface area contributed by atoms with Crippen LogP contribution in [0, 0.1) is 10.1 Å². The van der Waals surface area contributed by atoms with E-state index < -0.39 is 4.92 Å². The van der Waals surface area contributed by atoms with Crippen molar-refractivity contribution in [2.75, 3.05) is 12.4 Å². The van der Waals surface area contributed by atoms with Crippen LogP contribution in [0.15, 0.2) is 30.6 Å². The number of ether oxygens (including phenoxy) is 1. The van der Waals surface area contributed by atoms with Gasteiger partial charge in [0.2, 0.25) is 0 Å². The first kappa shape index (κ1) is 14.7. The first-order valence-corrected chi connectivity index (χ1v) is 6.52. The van der Waals surface area contributed by atoms with Crippen LogP contribution in [0.25, 0.3) is 0 Å². The quantitative estimate of drug-likeness (QED) is 0.649. The Bertz CT molecular complexity index is 629. The summed E-state index contributed by atoms with van der Waals surface area (Å²) in [7, 11) is 1.75. The molecule has 0 radical (unpaired) electrons. The fourth-order valence-corrected chi connectivity index (χ4v) is 1.76. The Morgan fingerprint density at radius 3 is 2.71 bits per heavy atom. The standard InChI is InChI=1S/C14H16N4O3/c1-3-10-4-5-13(12(6-10)18(19)20)21-9-11-7-17-14(15-2)8-16-11/h4-8H,3,9H2,1-2H3,(H,15,17). The van der Waals surface area contributed by atoms with Crippen molar-refractivity contribution in [2.24, 2.45) is 0 Å².